The molecule has 1 saturated heterocycles. The van der Waals surface area contributed by atoms with Crippen LogP contribution in [-0.2, 0) is 16.8 Å². The van der Waals surface area contributed by atoms with Crippen LogP contribution in [0.1, 0.15) is 69.1 Å². The summed E-state index contributed by atoms with van der Waals surface area (Å²) in [6, 6.07) is 3.23. The van der Waals surface area contributed by atoms with Gasteiger partial charge in [-0.15, -0.1) is 0 Å². The monoisotopic (exact) mass is 517 g/mol. The van der Waals surface area contributed by atoms with Crippen LogP contribution < -0.4 is 10.3 Å². The predicted molar refractivity (Wildman–Crippen MR) is 120 cm³/mol. The Kier molecular flexibility index (Phi) is 7.39. The van der Waals surface area contributed by atoms with Crippen LogP contribution >= 0.6 is 0 Å². The second kappa shape index (κ2) is 9.70. The predicted octanol–water partition coefficient (Wildman–Crippen LogP) is 6.12. The summed E-state index contributed by atoms with van der Waals surface area (Å²) < 4.78 is 79.3. The van der Waals surface area contributed by atoms with E-state index in [1.807, 2.05) is 0 Å². The molecule has 2 aromatic rings. The first-order valence-electron chi connectivity index (χ1n) is 11.3. The number of benzene rings is 1. The first-order valence-corrected chi connectivity index (χ1v) is 11.3. The third-order valence-corrected chi connectivity index (χ3v) is 5.59. The van der Waals surface area contributed by atoms with Crippen molar-refractivity contribution in [3.05, 3.63) is 51.2 Å². The highest BCUT2D eigenvalue weighted by molar-refractivity contribution is 5.68. The van der Waals surface area contributed by atoms with Crippen molar-refractivity contribution < 1.29 is 36.2 Å². The fraction of sp³-hybridized carbons (Fsp3) is 0.542. The highest BCUT2D eigenvalue weighted by Crippen LogP contribution is 2.38. The molecule has 0 spiro atoms. The van der Waals surface area contributed by atoms with Crippen LogP contribution in [0.15, 0.2) is 23.0 Å². The number of likely N-dealkylation sites (tertiary alicyclic amines) is 1. The molecule has 198 valence electrons. The number of alkyl halides is 5. The minimum Gasteiger partial charge on any atom is -0.449 e. The maximum absolute atomic E-state index is 13.8. The van der Waals surface area contributed by atoms with Gasteiger partial charge in [0.2, 0.25) is 5.75 Å². The van der Waals surface area contributed by atoms with Crippen LogP contribution in [0.25, 0.3) is 0 Å². The largest absolute Gasteiger partial charge is 0.449 e. The molecule has 3 rings (SSSR count). The highest BCUT2D eigenvalue weighted by Gasteiger charge is 2.40. The third-order valence-electron chi connectivity index (χ3n) is 5.59. The van der Waals surface area contributed by atoms with E-state index >= 15 is 0 Å². The minimum atomic E-state index is -5.01. The van der Waals surface area contributed by atoms with Gasteiger partial charge in [-0.05, 0) is 64.3 Å². The van der Waals surface area contributed by atoms with E-state index in [0.717, 1.165) is 18.2 Å². The van der Waals surface area contributed by atoms with E-state index in [9.17, 15) is 31.5 Å². The average molecular weight is 517 g/mol. The van der Waals surface area contributed by atoms with E-state index in [-0.39, 0.29) is 48.6 Å². The first kappa shape index (κ1) is 27.4. The second-order valence-electron chi connectivity index (χ2n) is 9.84. The Balaban J connectivity index is 1.85. The molecule has 0 unspecified atom stereocenters. The molecule has 1 aromatic carbocycles. The van der Waals surface area contributed by atoms with Crippen LogP contribution in [0, 0.1) is 6.92 Å². The Morgan fingerprint density at radius 3 is 2.19 bits per heavy atom. The number of carbonyl (C=O) groups excluding carboxylic acids is 1. The molecule has 1 aliphatic heterocycles. The van der Waals surface area contributed by atoms with Crippen molar-refractivity contribution in [3.63, 3.8) is 0 Å². The Morgan fingerprint density at radius 2 is 1.69 bits per heavy atom. The Bertz CT molecular complexity index is 1170. The SMILES string of the molecule is Cc1cc(Oc2c(C(F)(F)F)nc(C3CCN(C(=O)OC(C)(C)C)CC3)[nH]c2=O)ccc1C(C)(F)F. The summed E-state index contributed by atoms with van der Waals surface area (Å²) >= 11 is 0. The van der Waals surface area contributed by atoms with E-state index in [4.69, 9.17) is 9.47 Å². The van der Waals surface area contributed by atoms with Gasteiger partial charge in [0.25, 0.3) is 11.5 Å². The Labute approximate surface area is 204 Å². The first-order chi connectivity index (χ1) is 16.5. The van der Waals surface area contributed by atoms with Crippen molar-refractivity contribution in [2.45, 2.75) is 71.1 Å². The highest BCUT2D eigenvalue weighted by atomic mass is 19.4. The molecule has 12 heteroatoms. The van der Waals surface area contributed by atoms with Gasteiger partial charge in [0, 0.05) is 31.5 Å². The summed E-state index contributed by atoms with van der Waals surface area (Å²) in [4.78, 5) is 32.4. The van der Waals surface area contributed by atoms with E-state index in [1.165, 1.54) is 11.8 Å². The molecule has 1 N–H and O–H groups in total. The molecular weight excluding hydrogens is 489 g/mol. The smallest absolute Gasteiger partial charge is 0.437 e. The lowest BCUT2D eigenvalue weighted by Gasteiger charge is -2.33. The standard InChI is InChI=1S/C24H28F5N3O4/c1-13-12-15(6-7-16(13)23(5,25)26)35-17-18(24(27,28)29)30-19(31-20(17)33)14-8-10-32(11-9-14)21(34)36-22(2,3)4/h6-7,12,14H,8-11H2,1-5H3,(H,30,31,33). The van der Waals surface area contributed by atoms with Gasteiger partial charge in [-0.1, -0.05) is 0 Å². The molecule has 1 aliphatic rings. The van der Waals surface area contributed by atoms with Gasteiger partial charge in [-0.3, -0.25) is 4.79 Å². The van der Waals surface area contributed by atoms with Crippen LogP contribution in [0.2, 0.25) is 0 Å². The molecular formula is C24H28F5N3O4. The van der Waals surface area contributed by atoms with Crippen molar-refractivity contribution in [3.8, 4) is 11.5 Å². The third kappa shape index (κ3) is 6.52. The number of hydrogen-bond acceptors (Lipinski definition) is 5. The molecule has 1 fully saturated rings. The van der Waals surface area contributed by atoms with Crippen LogP contribution in [0.4, 0.5) is 26.7 Å². The lowest BCUT2D eigenvalue weighted by atomic mass is 9.96. The fourth-order valence-electron chi connectivity index (χ4n) is 3.93. The van der Waals surface area contributed by atoms with Crippen molar-refractivity contribution in [2.24, 2.45) is 0 Å². The lowest BCUT2D eigenvalue weighted by molar-refractivity contribution is -0.142. The molecule has 36 heavy (non-hydrogen) atoms. The molecule has 0 aliphatic carbocycles. The average Bonchev–Trinajstić information content (AvgIpc) is 2.72. The minimum absolute atomic E-state index is 0.0892. The second-order valence-corrected chi connectivity index (χ2v) is 9.84. The van der Waals surface area contributed by atoms with Gasteiger partial charge in [-0.25, -0.2) is 18.6 Å². The fourth-order valence-corrected chi connectivity index (χ4v) is 3.93. The van der Waals surface area contributed by atoms with Crippen molar-refractivity contribution in [1.82, 2.24) is 14.9 Å². The van der Waals surface area contributed by atoms with E-state index < -0.39 is 46.7 Å². The van der Waals surface area contributed by atoms with Crippen molar-refractivity contribution in [2.75, 3.05) is 13.1 Å². The van der Waals surface area contributed by atoms with Crippen LogP contribution in [-0.4, -0.2) is 39.7 Å². The molecule has 0 radical (unpaired) electrons. The molecule has 7 nitrogen and oxygen atoms in total. The van der Waals surface area contributed by atoms with Crippen molar-refractivity contribution in [1.29, 1.82) is 0 Å². The van der Waals surface area contributed by atoms with Gasteiger partial charge in [-0.2, -0.15) is 13.2 Å². The Hall–Kier alpha value is -3.18. The quantitative estimate of drug-likeness (QED) is 0.495. The van der Waals surface area contributed by atoms with E-state index in [2.05, 4.69) is 9.97 Å². The van der Waals surface area contributed by atoms with Gasteiger partial charge < -0.3 is 19.4 Å². The molecule has 0 bridgehead atoms. The maximum atomic E-state index is 13.8. The lowest BCUT2D eigenvalue weighted by Crippen LogP contribution is -2.41. The number of amides is 1. The number of halogens is 5. The zero-order valence-corrected chi connectivity index (χ0v) is 20.6. The number of hydrogen-bond donors (Lipinski definition) is 1. The molecule has 1 amide bonds. The summed E-state index contributed by atoms with van der Waals surface area (Å²) in [5, 5.41) is 0. The van der Waals surface area contributed by atoms with E-state index in [0.29, 0.717) is 6.92 Å². The number of nitrogens with zero attached hydrogens (tertiary/aromatic N) is 2. The summed E-state index contributed by atoms with van der Waals surface area (Å²) in [5.41, 5.74) is -3.57. The van der Waals surface area contributed by atoms with Crippen molar-refractivity contribution >= 4 is 6.09 Å². The number of piperidine rings is 1. The van der Waals surface area contributed by atoms with Gasteiger partial charge in [0.05, 0.1) is 0 Å². The number of aromatic amines is 1. The topological polar surface area (TPSA) is 84.5 Å². The summed E-state index contributed by atoms with van der Waals surface area (Å²) in [5.74, 6) is -5.13. The number of aryl methyl sites for hydroxylation is 1. The number of rotatable bonds is 4. The van der Waals surface area contributed by atoms with Gasteiger partial charge >= 0.3 is 12.3 Å². The number of H-pyrrole nitrogens is 1. The normalized spacial score (nSPS) is 15.7. The van der Waals surface area contributed by atoms with Crippen LogP contribution in [0.5, 0.6) is 11.5 Å². The number of nitrogens with one attached hydrogen (secondary N) is 1. The summed E-state index contributed by atoms with van der Waals surface area (Å²) in [6.07, 6.45) is -5.00. The molecule has 1 aromatic heterocycles. The number of aromatic nitrogens is 2. The number of ether oxygens (including phenoxy) is 2. The summed E-state index contributed by atoms with van der Waals surface area (Å²) in [6.45, 7) is 7.67. The maximum Gasteiger partial charge on any atom is 0.437 e. The zero-order valence-electron chi connectivity index (χ0n) is 20.6. The Morgan fingerprint density at radius 1 is 1.08 bits per heavy atom. The summed E-state index contributed by atoms with van der Waals surface area (Å²) in [7, 11) is 0. The van der Waals surface area contributed by atoms with Crippen LogP contribution in [0.3, 0.4) is 0 Å². The van der Waals surface area contributed by atoms with Gasteiger partial charge in [0.1, 0.15) is 17.2 Å². The number of carbonyl (C=O) groups is 1. The molecule has 0 saturated carbocycles. The molecule has 2 heterocycles. The van der Waals surface area contributed by atoms with Gasteiger partial charge in [0.15, 0.2) is 5.69 Å². The van der Waals surface area contributed by atoms with E-state index in [1.54, 1.807) is 20.8 Å². The zero-order chi connectivity index (χ0) is 27.1. The molecule has 0 atom stereocenters.